The zero-order valence-corrected chi connectivity index (χ0v) is 18.9. The molecule has 0 saturated heterocycles. The molecule has 0 aromatic heterocycles. The highest BCUT2D eigenvalue weighted by molar-refractivity contribution is 5.85. The minimum absolute atomic E-state index is 0. The molecule has 2 aromatic carbocycles. The molecule has 0 aliphatic carbocycles. The van der Waals surface area contributed by atoms with Gasteiger partial charge in [0.1, 0.15) is 0 Å². The van der Waals surface area contributed by atoms with Gasteiger partial charge in [-0.3, -0.25) is 9.80 Å². The Morgan fingerprint density at radius 3 is 1.64 bits per heavy atom. The summed E-state index contributed by atoms with van der Waals surface area (Å²) in [7, 11) is 4.68. The van der Waals surface area contributed by atoms with Crippen LogP contribution in [0.25, 0.3) is 0 Å². The van der Waals surface area contributed by atoms with E-state index < -0.39 is 0 Å². The number of likely N-dealkylation sites (N-methyl/N-ethyl adjacent to an activating group) is 2. The van der Waals surface area contributed by atoms with E-state index in [1.807, 2.05) is 0 Å². The van der Waals surface area contributed by atoms with E-state index in [9.17, 15) is 0 Å². The average Bonchev–Trinajstić information content (AvgIpc) is 2.66. The highest BCUT2D eigenvalue weighted by atomic mass is 35.5. The summed E-state index contributed by atoms with van der Waals surface area (Å²) in [5.41, 5.74) is 9.27. The van der Waals surface area contributed by atoms with Crippen LogP contribution in [0.15, 0.2) is 36.4 Å². The highest BCUT2D eigenvalue weighted by Crippen LogP contribution is 2.47. The molecular formula is C25H35ClN2. The number of rotatable bonds is 3. The number of aryl methyl sites for hydroxylation is 2. The van der Waals surface area contributed by atoms with Crippen LogP contribution >= 0.6 is 12.4 Å². The van der Waals surface area contributed by atoms with Gasteiger partial charge in [-0.05, 0) is 86.5 Å². The lowest BCUT2D eigenvalue weighted by atomic mass is 9.73. The molecule has 0 spiro atoms. The summed E-state index contributed by atoms with van der Waals surface area (Å²) in [6, 6.07) is 14.8. The van der Waals surface area contributed by atoms with Gasteiger partial charge in [0.05, 0.1) is 0 Å². The molecule has 2 heterocycles. The largest absolute Gasteiger partial charge is 0.299 e. The molecule has 2 aliphatic heterocycles. The topological polar surface area (TPSA) is 6.48 Å². The van der Waals surface area contributed by atoms with Gasteiger partial charge in [0.15, 0.2) is 0 Å². The Morgan fingerprint density at radius 1 is 0.821 bits per heavy atom. The van der Waals surface area contributed by atoms with Crippen molar-refractivity contribution >= 4 is 12.4 Å². The molecule has 0 saturated carbocycles. The van der Waals surface area contributed by atoms with E-state index in [0.29, 0.717) is 18.0 Å². The zero-order chi connectivity index (χ0) is 19.1. The number of hydrogen-bond acceptors (Lipinski definition) is 2. The minimum atomic E-state index is 0. The van der Waals surface area contributed by atoms with E-state index in [4.69, 9.17) is 0 Å². The first-order valence-electron chi connectivity index (χ1n) is 10.6. The summed E-state index contributed by atoms with van der Waals surface area (Å²) in [5, 5.41) is 0. The van der Waals surface area contributed by atoms with Crippen LogP contribution in [0.1, 0.15) is 58.8 Å². The molecule has 4 rings (SSSR count). The summed E-state index contributed by atoms with van der Waals surface area (Å²) in [4.78, 5) is 5.26. The van der Waals surface area contributed by atoms with Crippen LogP contribution in [0.4, 0.5) is 0 Å². The van der Waals surface area contributed by atoms with E-state index >= 15 is 0 Å². The fourth-order valence-corrected chi connectivity index (χ4v) is 5.78. The van der Waals surface area contributed by atoms with Gasteiger partial charge in [-0.1, -0.05) is 43.3 Å². The molecule has 0 bridgehead atoms. The van der Waals surface area contributed by atoms with Crippen LogP contribution < -0.4 is 0 Å². The van der Waals surface area contributed by atoms with Gasteiger partial charge in [0.25, 0.3) is 0 Å². The third-order valence-corrected chi connectivity index (χ3v) is 7.12. The van der Waals surface area contributed by atoms with Crippen LogP contribution in [0.5, 0.6) is 0 Å². The summed E-state index contributed by atoms with van der Waals surface area (Å²) >= 11 is 0. The number of fused-ring (bicyclic) bond motifs is 2. The Hall–Kier alpha value is -1.35. The van der Waals surface area contributed by atoms with E-state index in [1.54, 1.807) is 22.3 Å². The molecule has 152 valence electrons. The average molecular weight is 399 g/mol. The van der Waals surface area contributed by atoms with Crippen LogP contribution in [0, 0.1) is 19.8 Å². The summed E-state index contributed by atoms with van der Waals surface area (Å²) in [6.07, 6.45) is 3.55. The quantitative estimate of drug-likeness (QED) is 0.672. The first-order chi connectivity index (χ1) is 13.0. The second-order valence-corrected chi connectivity index (χ2v) is 8.72. The number of nitrogens with zero attached hydrogens (tertiary/aromatic N) is 2. The van der Waals surface area contributed by atoms with Crippen molar-refractivity contribution in [3.63, 3.8) is 0 Å². The molecule has 28 heavy (non-hydrogen) atoms. The van der Waals surface area contributed by atoms with Crippen molar-refractivity contribution in [3.8, 4) is 0 Å². The molecular weight excluding hydrogens is 364 g/mol. The van der Waals surface area contributed by atoms with Gasteiger partial charge in [0, 0.05) is 25.2 Å². The molecule has 2 nitrogen and oxygen atoms in total. The standard InChI is InChI=1S/C25H34N2.ClH/c1-6-21(24-22-17(2)9-7-11-19(22)13-15-26(24)4)25-23-18(3)10-8-12-20(23)14-16-27(25)5;/h7-12,21,24-25H,6,13-16H2,1-5H3;1H. The van der Waals surface area contributed by atoms with Gasteiger partial charge in [-0.2, -0.15) is 0 Å². The fourth-order valence-electron chi connectivity index (χ4n) is 5.78. The third-order valence-electron chi connectivity index (χ3n) is 7.12. The fraction of sp³-hybridized carbons (Fsp3) is 0.520. The first kappa shape index (κ1) is 21.4. The molecule has 0 N–H and O–H groups in total. The molecule has 0 radical (unpaired) electrons. The van der Waals surface area contributed by atoms with Crippen LogP contribution in [0.3, 0.4) is 0 Å². The monoisotopic (exact) mass is 398 g/mol. The van der Waals surface area contributed by atoms with Gasteiger partial charge < -0.3 is 0 Å². The van der Waals surface area contributed by atoms with Crippen molar-refractivity contribution in [3.05, 3.63) is 69.8 Å². The number of hydrogen-bond donors (Lipinski definition) is 0. The number of benzene rings is 2. The van der Waals surface area contributed by atoms with Gasteiger partial charge in [0.2, 0.25) is 0 Å². The van der Waals surface area contributed by atoms with E-state index in [0.717, 1.165) is 13.1 Å². The van der Waals surface area contributed by atoms with Crippen LogP contribution in [-0.2, 0) is 12.8 Å². The van der Waals surface area contributed by atoms with E-state index in [1.165, 1.54) is 30.4 Å². The van der Waals surface area contributed by atoms with E-state index in [2.05, 4.69) is 81.1 Å². The maximum Gasteiger partial charge on any atom is 0.0396 e. The van der Waals surface area contributed by atoms with Crippen molar-refractivity contribution in [2.75, 3.05) is 27.2 Å². The Labute approximate surface area is 177 Å². The predicted molar refractivity (Wildman–Crippen MR) is 122 cm³/mol. The Morgan fingerprint density at radius 2 is 1.25 bits per heavy atom. The maximum absolute atomic E-state index is 2.63. The van der Waals surface area contributed by atoms with Gasteiger partial charge in [-0.25, -0.2) is 0 Å². The lowest BCUT2D eigenvalue weighted by molar-refractivity contribution is 0.0720. The summed E-state index contributed by atoms with van der Waals surface area (Å²) < 4.78 is 0. The minimum Gasteiger partial charge on any atom is -0.299 e. The SMILES string of the molecule is CCC(C1c2c(C)cccc2CCN1C)C1c2c(C)cccc2CCN1C.Cl. The normalized spacial score (nSPS) is 23.5. The highest BCUT2D eigenvalue weighted by Gasteiger charge is 2.40. The Bertz CT molecular complexity index is 764. The van der Waals surface area contributed by atoms with Gasteiger partial charge in [-0.15, -0.1) is 12.4 Å². The zero-order valence-electron chi connectivity index (χ0n) is 18.0. The van der Waals surface area contributed by atoms with Crippen LogP contribution in [0.2, 0.25) is 0 Å². The summed E-state index contributed by atoms with van der Waals surface area (Å²) in [5.74, 6) is 0.598. The first-order valence-corrected chi connectivity index (χ1v) is 10.6. The smallest absolute Gasteiger partial charge is 0.0396 e. The van der Waals surface area contributed by atoms with E-state index in [-0.39, 0.29) is 12.4 Å². The molecule has 3 heteroatoms. The third kappa shape index (κ3) is 3.51. The molecule has 2 unspecified atom stereocenters. The Balaban J connectivity index is 0.00000225. The molecule has 2 aliphatic rings. The summed E-state index contributed by atoms with van der Waals surface area (Å²) in [6.45, 7) is 9.33. The lowest BCUT2D eigenvalue weighted by Crippen LogP contribution is -2.44. The van der Waals surface area contributed by atoms with Crippen molar-refractivity contribution in [1.29, 1.82) is 0 Å². The van der Waals surface area contributed by atoms with Crippen LogP contribution in [-0.4, -0.2) is 37.0 Å². The number of halogens is 1. The van der Waals surface area contributed by atoms with Crippen molar-refractivity contribution < 1.29 is 0 Å². The second kappa shape index (κ2) is 8.57. The van der Waals surface area contributed by atoms with Crippen molar-refractivity contribution in [2.45, 2.75) is 52.1 Å². The van der Waals surface area contributed by atoms with Crippen molar-refractivity contribution in [2.24, 2.45) is 5.92 Å². The van der Waals surface area contributed by atoms with Crippen molar-refractivity contribution in [1.82, 2.24) is 9.80 Å². The molecule has 2 aromatic rings. The maximum atomic E-state index is 2.63. The Kier molecular flexibility index (Phi) is 6.54. The lowest BCUT2D eigenvalue weighted by Gasteiger charge is -2.48. The predicted octanol–water partition coefficient (Wildman–Crippen LogP) is 5.51. The second-order valence-electron chi connectivity index (χ2n) is 8.72. The van der Waals surface area contributed by atoms with Gasteiger partial charge >= 0.3 is 0 Å². The molecule has 0 amide bonds. The molecule has 0 fully saturated rings. The molecule has 2 atom stereocenters.